The van der Waals surface area contributed by atoms with Crippen LogP contribution in [0.15, 0.2) is 35.9 Å². The SMILES string of the molecule is CCCCCCCCCCCC(=O)N(CC1CCCO1)C1C=C(C(=O)NCCO)C2c3ccccc3OC2C1O. The molecule has 5 atom stereocenters. The van der Waals surface area contributed by atoms with Crippen molar-refractivity contribution in [2.45, 2.75) is 114 Å². The normalized spacial score (nSPS) is 25.1. The van der Waals surface area contributed by atoms with Crippen molar-refractivity contribution in [1.29, 1.82) is 0 Å². The lowest BCUT2D eigenvalue weighted by Gasteiger charge is -2.41. The van der Waals surface area contributed by atoms with E-state index in [0.29, 0.717) is 30.9 Å². The number of amides is 2. The molecule has 1 aromatic carbocycles. The Morgan fingerprint density at radius 3 is 2.48 bits per heavy atom. The molecule has 1 saturated heterocycles. The summed E-state index contributed by atoms with van der Waals surface area (Å²) in [5.74, 6) is -0.143. The number of nitrogens with zero attached hydrogens (tertiary/aromatic N) is 1. The van der Waals surface area contributed by atoms with Crippen molar-refractivity contribution < 1.29 is 29.3 Å². The molecular formula is C32H48N2O6. The molecular weight excluding hydrogens is 508 g/mol. The van der Waals surface area contributed by atoms with Gasteiger partial charge in [0.1, 0.15) is 18.0 Å². The Hall–Kier alpha value is -2.42. The first-order valence-corrected chi connectivity index (χ1v) is 15.5. The molecule has 2 aliphatic heterocycles. The summed E-state index contributed by atoms with van der Waals surface area (Å²) in [5, 5.41) is 23.7. The lowest BCUT2D eigenvalue weighted by atomic mass is 9.77. The van der Waals surface area contributed by atoms with Gasteiger partial charge in [0.2, 0.25) is 11.8 Å². The largest absolute Gasteiger partial charge is 0.486 e. The Kier molecular flexibility index (Phi) is 11.9. The zero-order valence-electron chi connectivity index (χ0n) is 24.1. The maximum atomic E-state index is 13.7. The standard InChI is InChI=1S/C32H48N2O6/c1-2-3-4-5-6-7-8-9-10-17-28(36)34(22-23-14-13-20-39-23)26-21-25(32(38)33-18-19-35)29-24-15-11-12-16-27(24)40-31(29)30(26)37/h11-12,15-16,21,23,26,29-31,35,37H,2-10,13-14,17-20,22H2,1H3,(H,33,38). The van der Waals surface area contributed by atoms with E-state index in [0.717, 1.165) is 37.7 Å². The number of aliphatic hydroxyl groups excluding tert-OH is 2. The highest BCUT2D eigenvalue weighted by molar-refractivity contribution is 5.96. The summed E-state index contributed by atoms with van der Waals surface area (Å²) in [6.07, 6.45) is 12.8. The number of nitrogens with one attached hydrogen (secondary N) is 1. The molecule has 2 amide bonds. The van der Waals surface area contributed by atoms with Crippen molar-refractivity contribution >= 4 is 11.8 Å². The van der Waals surface area contributed by atoms with Crippen LogP contribution in [-0.4, -0.2) is 77.6 Å². The summed E-state index contributed by atoms with van der Waals surface area (Å²) in [6, 6.07) is 6.82. The second kappa shape index (κ2) is 15.5. The topological polar surface area (TPSA) is 108 Å². The number of para-hydroxylation sites is 1. The number of fused-ring (bicyclic) bond motifs is 3. The van der Waals surface area contributed by atoms with Crippen LogP contribution in [0.2, 0.25) is 0 Å². The third-order valence-electron chi connectivity index (χ3n) is 8.48. The van der Waals surface area contributed by atoms with Crippen LogP contribution in [0.3, 0.4) is 0 Å². The fraction of sp³-hybridized carbons (Fsp3) is 0.688. The monoisotopic (exact) mass is 556 g/mol. The molecule has 1 fully saturated rings. The quantitative estimate of drug-likeness (QED) is 0.263. The van der Waals surface area contributed by atoms with Crippen molar-refractivity contribution in [3.63, 3.8) is 0 Å². The number of carbonyl (C=O) groups is 2. The van der Waals surface area contributed by atoms with Gasteiger partial charge in [-0.3, -0.25) is 9.59 Å². The number of rotatable bonds is 16. The van der Waals surface area contributed by atoms with Crippen molar-refractivity contribution in [2.24, 2.45) is 0 Å². The lowest BCUT2D eigenvalue weighted by molar-refractivity contribution is -0.139. The van der Waals surface area contributed by atoms with Crippen LogP contribution in [0, 0.1) is 0 Å². The third-order valence-corrected chi connectivity index (χ3v) is 8.48. The average Bonchev–Trinajstić information content (AvgIpc) is 3.62. The Balaban J connectivity index is 1.48. The molecule has 1 aliphatic carbocycles. The molecule has 8 nitrogen and oxygen atoms in total. The summed E-state index contributed by atoms with van der Waals surface area (Å²) in [5.41, 5.74) is 1.31. The zero-order chi connectivity index (χ0) is 28.3. The summed E-state index contributed by atoms with van der Waals surface area (Å²) in [6.45, 7) is 3.23. The van der Waals surface area contributed by atoms with E-state index < -0.39 is 24.2 Å². The summed E-state index contributed by atoms with van der Waals surface area (Å²) in [4.78, 5) is 28.7. The number of carbonyl (C=O) groups excluding carboxylic acids is 2. The summed E-state index contributed by atoms with van der Waals surface area (Å²) < 4.78 is 12.1. The van der Waals surface area contributed by atoms with Crippen LogP contribution in [0.1, 0.15) is 95.5 Å². The third kappa shape index (κ3) is 7.65. The second-order valence-electron chi connectivity index (χ2n) is 11.4. The molecule has 8 heteroatoms. The first-order valence-electron chi connectivity index (χ1n) is 15.5. The lowest BCUT2D eigenvalue weighted by Crippen LogP contribution is -2.57. The Bertz CT molecular complexity index is 991. The van der Waals surface area contributed by atoms with E-state index in [9.17, 15) is 19.8 Å². The molecule has 222 valence electrons. The molecule has 0 bridgehead atoms. The number of hydrogen-bond acceptors (Lipinski definition) is 6. The number of unbranched alkanes of at least 4 members (excludes halogenated alkanes) is 8. The average molecular weight is 557 g/mol. The fourth-order valence-corrected chi connectivity index (χ4v) is 6.32. The molecule has 0 spiro atoms. The Labute approximate surface area is 239 Å². The smallest absolute Gasteiger partial charge is 0.247 e. The molecule has 0 radical (unpaired) electrons. The van der Waals surface area contributed by atoms with Gasteiger partial charge in [0.25, 0.3) is 0 Å². The maximum absolute atomic E-state index is 13.7. The second-order valence-corrected chi connectivity index (χ2v) is 11.4. The number of ether oxygens (including phenoxy) is 2. The van der Waals surface area contributed by atoms with Crippen LogP contribution in [0.25, 0.3) is 0 Å². The molecule has 5 unspecified atom stereocenters. The minimum Gasteiger partial charge on any atom is -0.486 e. The number of hydrogen-bond donors (Lipinski definition) is 3. The van der Waals surface area contributed by atoms with Crippen LogP contribution in [-0.2, 0) is 14.3 Å². The van der Waals surface area contributed by atoms with Crippen LogP contribution < -0.4 is 10.1 Å². The highest BCUT2D eigenvalue weighted by atomic mass is 16.5. The van der Waals surface area contributed by atoms with E-state index in [4.69, 9.17) is 9.47 Å². The molecule has 0 aromatic heterocycles. The van der Waals surface area contributed by atoms with Crippen molar-refractivity contribution in [3.8, 4) is 5.75 Å². The van der Waals surface area contributed by atoms with Crippen molar-refractivity contribution in [3.05, 3.63) is 41.5 Å². The van der Waals surface area contributed by atoms with Gasteiger partial charge in [-0.05, 0) is 31.4 Å². The molecule has 0 saturated carbocycles. The Morgan fingerprint density at radius 2 is 1.77 bits per heavy atom. The van der Waals surface area contributed by atoms with Gasteiger partial charge in [0.05, 0.1) is 24.7 Å². The van der Waals surface area contributed by atoms with Gasteiger partial charge in [0.15, 0.2) is 0 Å². The van der Waals surface area contributed by atoms with E-state index in [2.05, 4.69) is 12.2 Å². The van der Waals surface area contributed by atoms with Gasteiger partial charge in [-0.15, -0.1) is 0 Å². The highest BCUT2D eigenvalue weighted by Crippen LogP contribution is 2.47. The van der Waals surface area contributed by atoms with E-state index in [-0.39, 0.29) is 31.1 Å². The van der Waals surface area contributed by atoms with E-state index in [1.165, 1.54) is 38.5 Å². The zero-order valence-corrected chi connectivity index (χ0v) is 24.1. The summed E-state index contributed by atoms with van der Waals surface area (Å²) in [7, 11) is 0. The molecule has 40 heavy (non-hydrogen) atoms. The number of aliphatic hydroxyl groups is 2. The molecule has 1 aromatic rings. The fourth-order valence-electron chi connectivity index (χ4n) is 6.32. The van der Waals surface area contributed by atoms with Gasteiger partial charge in [-0.25, -0.2) is 0 Å². The molecule has 4 rings (SSSR count). The molecule has 2 heterocycles. The minimum atomic E-state index is -1.000. The van der Waals surface area contributed by atoms with E-state index in [1.54, 1.807) is 11.0 Å². The Morgan fingerprint density at radius 1 is 1.05 bits per heavy atom. The molecule has 3 aliphatic rings. The van der Waals surface area contributed by atoms with Gasteiger partial charge >= 0.3 is 0 Å². The maximum Gasteiger partial charge on any atom is 0.247 e. The van der Waals surface area contributed by atoms with Gasteiger partial charge < -0.3 is 29.9 Å². The van der Waals surface area contributed by atoms with Crippen LogP contribution >= 0.6 is 0 Å². The predicted molar refractivity (Wildman–Crippen MR) is 154 cm³/mol. The summed E-state index contributed by atoms with van der Waals surface area (Å²) >= 11 is 0. The van der Waals surface area contributed by atoms with E-state index in [1.807, 2.05) is 24.3 Å². The van der Waals surface area contributed by atoms with Gasteiger partial charge in [-0.2, -0.15) is 0 Å². The predicted octanol–water partition coefficient (Wildman–Crippen LogP) is 4.24. The van der Waals surface area contributed by atoms with Crippen LogP contribution in [0.5, 0.6) is 5.75 Å². The molecule has 3 N–H and O–H groups in total. The highest BCUT2D eigenvalue weighted by Gasteiger charge is 2.50. The first kappa shape index (κ1) is 30.5. The first-order chi connectivity index (χ1) is 19.5. The van der Waals surface area contributed by atoms with Crippen molar-refractivity contribution in [1.82, 2.24) is 10.2 Å². The van der Waals surface area contributed by atoms with E-state index >= 15 is 0 Å². The van der Waals surface area contributed by atoms with Crippen LogP contribution in [0.4, 0.5) is 0 Å². The van der Waals surface area contributed by atoms with Crippen molar-refractivity contribution in [2.75, 3.05) is 26.3 Å². The minimum absolute atomic E-state index is 0.0252. The van der Waals surface area contributed by atoms with Gasteiger partial charge in [-0.1, -0.05) is 76.5 Å². The number of benzene rings is 1. The van der Waals surface area contributed by atoms with Gasteiger partial charge in [0, 0.05) is 37.3 Å².